The molecule has 1 aliphatic rings. The zero-order valence-electron chi connectivity index (χ0n) is 8.59. The van der Waals surface area contributed by atoms with Gasteiger partial charge in [-0.3, -0.25) is 4.79 Å². The van der Waals surface area contributed by atoms with Crippen LogP contribution in [0.25, 0.3) is 0 Å². The van der Waals surface area contributed by atoms with Crippen molar-refractivity contribution >= 4 is 29.1 Å². The molecule has 1 aromatic carbocycles. The zero-order valence-corrected chi connectivity index (χ0v) is 10.1. The number of carbonyl (C=O) groups excluding carboxylic acids is 1. The van der Waals surface area contributed by atoms with E-state index in [0.717, 1.165) is 18.7 Å². The van der Waals surface area contributed by atoms with Crippen molar-refractivity contribution in [3.63, 3.8) is 0 Å². The highest BCUT2D eigenvalue weighted by atomic mass is 35.5. The third-order valence-corrected chi connectivity index (χ3v) is 3.34. The SMILES string of the molecule is O=C(NCc1ccc(Cl)c(Cl)c1)C1CNC1. The molecule has 0 spiro atoms. The van der Waals surface area contributed by atoms with Gasteiger partial charge in [0.1, 0.15) is 0 Å². The van der Waals surface area contributed by atoms with Crippen molar-refractivity contribution in [1.82, 2.24) is 10.6 Å². The summed E-state index contributed by atoms with van der Waals surface area (Å²) in [5, 5.41) is 6.96. The van der Waals surface area contributed by atoms with E-state index in [-0.39, 0.29) is 11.8 Å². The van der Waals surface area contributed by atoms with Gasteiger partial charge in [0.25, 0.3) is 0 Å². The fourth-order valence-electron chi connectivity index (χ4n) is 1.46. The van der Waals surface area contributed by atoms with Gasteiger partial charge in [0, 0.05) is 19.6 Å². The highest BCUT2D eigenvalue weighted by Gasteiger charge is 2.24. The first kappa shape index (κ1) is 11.7. The van der Waals surface area contributed by atoms with Crippen molar-refractivity contribution in [2.45, 2.75) is 6.54 Å². The predicted molar refractivity (Wildman–Crippen MR) is 64.7 cm³/mol. The molecule has 0 atom stereocenters. The van der Waals surface area contributed by atoms with Crippen molar-refractivity contribution in [1.29, 1.82) is 0 Å². The normalized spacial score (nSPS) is 15.6. The average Bonchev–Trinajstić information content (AvgIpc) is 2.17. The van der Waals surface area contributed by atoms with Crippen molar-refractivity contribution in [3.8, 4) is 0 Å². The molecule has 1 saturated heterocycles. The summed E-state index contributed by atoms with van der Waals surface area (Å²) in [6.45, 7) is 2.03. The first-order chi connectivity index (χ1) is 7.66. The topological polar surface area (TPSA) is 41.1 Å². The van der Waals surface area contributed by atoms with E-state index in [1.165, 1.54) is 0 Å². The van der Waals surface area contributed by atoms with Crippen LogP contribution in [-0.2, 0) is 11.3 Å². The van der Waals surface area contributed by atoms with Crippen molar-refractivity contribution in [3.05, 3.63) is 33.8 Å². The van der Waals surface area contributed by atoms with Crippen LogP contribution in [0.1, 0.15) is 5.56 Å². The van der Waals surface area contributed by atoms with Gasteiger partial charge in [-0.1, -0.05) is 29.3 Å². The Hall–Kier alpha value is -0.770. The average molecular weight is 259 g/mol. The number of halogens is 2. The Kier molecular flexibility index (Phi) is 3.69. The number of amides is 1. The monoisotopic (exact) mass is 258 g/mol. The Balaban J connectivity index is 1.89. The fraction of sp³-hybridized carbons (Fsp3) is 0.364. The van der Waals surface area contributed by atoms with Crippen LogP contribution in [0.3, 0.4) is 0 Å². The molecule has 1 heterocycles. The second-order valence-corrected chi connectivity index (χ2v) is 4.64. The van der Waals surface area contributed by atoms with E-state index < -0.39 is 0 Å². The Morgan fingerprint density at radius 1 is 1.38 bits per heavy atom. The predicted octanol–water partition coefficient (Wildman–Crippen LogP) is 1.83. The van der Waals surface area contributed by atoms with E-state index >= 15 is 0 Å². The number of carbonyl (C=O) groups is 1. The number of hydrogen-bond donors (Lipinski definition) is 2. The fourth-order valence-corrected chi connectivity index (χ4v) is 1.78. The van der Waals surface area contributed by atoms with Crippen LogP contribution in [0.4, 0.5) is 0 Å². The van der Waals surface area contributed by atoms with Crippen LogP contribution in [0, 0.1) is 5.92 Å². The van der Waals surface area contributed by atoms with Gasteiger partial charge in [0.15, 0.2) is 0 Å². The Morgan fingerprint density at radius 2 is 2.12 bits per heavy atom. The van der Waals surface area contributed by atoms with E-state index in [1.54, 1.807) is 12.1 Å². The highest BCUT2D eigenvalue weighted by molar-refractivity contribution is 6.42. The van der Waals surface area contributed by atoms with E-state index in [2.05, 4.69) is 10.6 Å². The lowest BCUT2D eigenvalue weighted by Gasteiger charge is -2.25. The minimum absolute atomic E-state index is 0.0878. The lowest BCUT2D eigenvalue weighted by atomic mass is 10.0. The molecule has 2 N–H and O–H groups in total. The van der Waals surface area contributed by atoms with Crippen molar-refractivity contribution in [2.24, 2.45) is 5.92 Å². The van der Waals surface area contributed by atoms with Crippen LogP contribution >= 0.6 is 23.2 Å². The molecule has 0 saturated carbocycles. The van der Waals surface area contributed by atoms with Crippen LogP contribution in [0.2, 0.25) is 10.0 Å². The molecule has 2 rings (SSSR count). The summed E-state index contributed by atoms with van der Waals surface area (Å²) in [4.78, 5) is 11.5. The maximum Gasteiger partial charge on any atom is 0.225 e. The van der Waals surface area contributed by atoms with Gasteiger partial charge in [-0.25, -0.2) is 0 Å². The lowest BCUT2D eigenvalue weighted by molar-refractivity contribution is -0.126. The molecule has 86 valence electrons. The molecular weight excluding hydrogens is 247 g/mol. The maximum absolute atomic E-state index is 11.5. The number of rotatable bonds is 3. The first-order valence-corrected chi connectivity index (χ1v) is 5.85. The molecule has 1 aromatic rings. The van der Waals surface area contributed by atoms with Gasteiger partial charge in [0.2, 0.25) is 5.91 Å². The van der Waals surface area contributed by atoms with Crippen LogP contribution in [-0.4, -0.2) is 19.0 Å². The van der Waals surface area contributed by atoms with E-state index in [0.29, 0.717) is 16.6 Å². The van der Waals surface area contributed by atoms with E-state index in [9.17, 15) is 4.79 Å². The van der Waals surface area contributed by atoms with Crippen molar-refractivity contribution in [2.75, 3.05) is 13.1 Å². The molecule has 0 unspecified atom stereocenters. The molecule has 16 heavy (non-hydrogen) atoms. The molecule has 0 aliphatic carbocycles. The minimum atomic E-state index is 0.0878. The zero-order chi connectivity index (χ0) is 11.5. The molecule has 0 aromatic heterocycles. The third kappa shape index (κ3) is 2.67. The summed E-state index contributed by atoms with van der Waals surface area (Å²) in [5.41, 5.74) is 0.954. The summed E-state index contributed by atoms with van der Waals surface area (Å²) in [7, 11) is 0. The number of nitrogens with one attached hydrogen (secondary N) is 2. The van der Waals surface area contributed by atoms with Gasteiger partial charge >= 0.3 is 0 Å². The number of benzene rings is 1. The largest absolute Gasteiger partial charge is 0.352 e. The van der Waals surface area contributed by atoms with E-state index in [1.807, 2.05) is 6.07 Å². The quantitative estimate of drug-likeness (QED) is 0.869. The van der Waals surface area contributed by atoms with Gasteiger partial charge in [0.05, 0.1) is 16.0 Å². The van der Waals surface area contributed by atoms with Crippen LogP contribution in [0.5, 0.6) is 0 Å². The molecule has 0 radical (unpaired) electrons. The summed E-state index contributed by atoms with van der Waals surface area (Å²) < 4.78 is 0. The molecule has 3 nitrogen and oxygen atoms in total. The molecule has 5 heteroatoms. The minimum Gasteiger partial charge on any atom is -0.352 e. The van der Waals surface area contributed by atoms with Crippen LogP contribution < -0.4 is 10.6 Å². The Labute approximate surface area is 104 Å². The van der Waals surface area contributed by atoms with Gasteiger partial charge in [-0.2, -0.15) is 0 Å². The second kappa shape index (κ2) is 5.04. The van der Waals surface area contributed by atoms with Gasteiger partial charge < -0.3 is 10.6 Å². The first-order valence-electron chi connectivity index (χ1n) is 5.09. The summed E-state index contributed by atoms with van der Waals surface area (Å²) >= 11 is 11.7. The second-order valence-electron chi connectivity index (χ2n) is 3.82. The number of hydrogen-bond acceptors (Lipinski definition) is 2. The summed E-state index contributed by atoms with van der Waals surface area (Å²) in [6.07, 6.45) is 0. The maximum atomic E-state index is 11.5. The van der Waals surface area contributed by atoms with Gasteiger partial charge in [-0.05, 0) is 17.7 Å². The molecule has 0 bridgehead atoms. The molecule has 1 amide bonds. The Bertz CT molecular complexity index is 405. The summed E-state index contributed by atoms with van der Waals surface area (Å²) in [6, 6.07) is 5.35. The lowest BCUT2D eigenvalue weighted by Crippen LogP contribution is -2.50. The molecular formula is C11H12Cl2N2O. The highest BCUT2D eigenvalue weighted by Crippen LogP contribution is 2.22. The Morgan fingerprint density at radius 3 is 2.69 bits per heavy atom. The van der Waals surface area contributed by atoms with Crippen LogP contribution in [0.15, 0.2) is 18.2 Å². The standard InChI is InChI=1S/C11H12Cl2N2O/c12-9-2-1-7(3-10(9)13)4-15-11(16)8-5-14-6-8/h1-3,8,14H,4-6H2,(H,15,16). The van der Waals surface area contributed by atoms with E-state index in [4.69, 9.17) is 23.2 Å². The van der Waals surface area contributed by atoms with Gasteiger partial charge in [-0.15, -0.1) is 0 Å². The molecule has 1 aliphatic heterocycles. The van der Waals surface area contributed by atoms with Crippen molar-refractivity contribution < 1.29 is 4.79 Å². The smallest absolute Gasteiger partial charge is 0.225 e. The third-order valence-electron chi connectivity index (χ3n) is 2.60. The molecule has 1 fully saturated rings. The summed E-state index contributed by atoms with van der Waals surface area (Å²) in [5.74, 6) is 0.201.